The quantitative estimate of drug-likeness (QED) is 0.910. The van der Waals surface area contributed by atoms with Gasteiger partial charge in [-0.2, -0.15) is 0 Å². The van der Waals surface area contributed by atoms with Gasteiger partial charge in [0.25, 0.3) is 0 Å². The van der Waals surface area contributed by atoms with Crippen molar-refractivity contribution in [1.29, 1.82) is 0 Å². The van der Waals surface area contributed by atoms with Crippen molar-refractivity contribution in [2.24, 2.45) is 5.73 Å². The van der Waals surface area contributed by atoms with Crippen LogP contribution in [0.15, 0.2) is 30.7 Å². The number of nitrogens with zero attached hydrogens (tertiary/aromatic N) is 2. The van der Waals surface area contributed by atoms with Gasteiger partial charge in [-0.1, -0.05) is 23.2 Å². The third kappa shape index (κ3) is 2.57. The Labute approximate surface area is 110 Å². The first-order chi connectivity index (χ1) is 8.09. The molecule has 2 heterocycles. The van der Waals surface area contributed by atoms with Gasteiger partial charge in [0, 0.05) is 18.6 Å². The molecular weight excluding hydrogens is 257 g/mol. The summed E-state index contributed by atoms with van der Waals surface area (Å²) < 4.78 is 0. The van der Waals surface area contributed by atoms with Crippen LogP contribution in [0.3, 0.4) is 0 Å². The Kier molecular flexibility index (Phi) is 3.62. The molecule has 17 heavy (non-hydrogen) atoms. The van der Waals surface area contributed by atoms with Crippen LogP contribution < -0.4 is 5.73 Å². The van der Waals surface area contributed by atoms with Crippen molar-refractivity contribution in [3.8, 4) is 0 Å². The predicted molar refractivity (Wildman–Crippen MR) is 69.3 cm³/mol. The summed E-state index contributed by atoms with van der Waals surface area (Å²) >= 11 is 11.9. The molecule has 0 aliphatic heterocycles. The number of aromatic nitrogens is 2. The fourth-order valence-corrected chi connectivity index (χ4v) is 2.10. The van der Waals surface area contributed by atoms with E-state index in [9.17, 15) is 0 Å². The SMILES string of the molecule is Cc1ccncc1C(N)c1ncc(Cl)cc1Cl. The molecule has 2 aromatic heterocycles. The molecule has 3 nitrogen and oxygen atoms in total. The van der Waals surface area contributed by atoms with Crippen LogP contribution in [-0.4, -0.2) is 9.97 Å². The zero-order valence-electron chi connectivity index (χ0n) is 9.19. The summed E-state index contributed by atoms with van der Waals surface area (Å²) in [5, 5.41) is 0.960. The van der Waals surface area contributed by atoms with Crippen LogP contribution in [0.1, 0.15) is 22.9 Å². The summed E-state index contributed by atoms with van der Waals surface area (Å²) in [4.78, 5) is 8.24. The normalized spacial score (nSPS) is 12.5. The molecule has 0 saturated carbocycles. The highest BCUT2D eigenvalue weighted by atomic mass is 35.5. The second-order valence-corrected chi connectivity index (χ2v) is 4.57. The van der Waals surface area contributed by atoms with Gasteiger partial charge < -0.3 is 5.73 Å². The van der Waals surface area contributed by atoms with Gasteiger partial charge in [-0.15, -0.1) is 0 Å². The molecule has 0 aliphatic rings. The van der Waals surface area contributed by atoms with Crippen molar-refractivity contribution >= 4 is 23.2 Å². The van der Waals surface area contributed by atoms with Crippen molar-refractivity contribution in [1.82, 2.24) is 9.97 Å². The monoisotopic (exact) mass is 267 g/mol. The number of rotatable bonds is 2. The van der Waals surface area contributed by atoms with E-state index >= 15 is 0 Å². The van der Waals surface area contributed by atoms with Crippen LogP contribution in [0.25, 0.3) is 0 Å². The Morgan fingerprint density at radius 1 is 1.29 bits per heavy atom. The van der Waals surface area contributed by atoms with Gasteiger partial charge in [0.1, 0.15) is 0 Å². The summed E-state index contributed by atoms with van der Waals surface area (Å²) in [6.45, 7) is 1.97. The highest BCUT2D eigenvalue weighted by Gasteiger charge is 2.16. The van der Waals surface area contributed by atoms with Crippen molar-refractivity contribution in [3.05, 3.63) is 57.6 Å². The molecule has 0 fully saturated rings. The van der Waals surface area contributed by atoms with Crippen LogP contribution >= 0.6 is 23.2 Å². The molecule has 2 rings (SSSR count). The van der Waals surface area contributed by atoms with Crippen molar-refractivity contribution in [2.75, 3.05) is 0 Å². The maximum atomic E-state index is 6.14. The van der Waals surface area contributed by atoms with Gasteiger partial charge in [0.15, 0.2) is 0 Å². The predicted octanol–water partition coefficient (Wildman–Crippen LogP) is 3.14. The molecule has 1 unspecified atom stereocenters. The Morgan fingerprint density at radius 2 is 2.06 bits per heavy atom. The minimum atomic E-state index is -0.395. The molecule has 0 spiro atoms. The van der Waals surface area contributed by atoms with E-state index in [-0.39, 0.29) is 0 Å². The van der Waals surface area contributed by atoms with Crippen molar-refractivity contribution < 1.29 is 0 Å². The van der Waals surface area contributed by atoms with E-state index in [1.165, 1.54) is 6.20 Å². The third-order valence-electron chi connectivity index (χ3n) is 2.55. The van der Waals surface area contributed by atoms with Crippen LogP contribution in [0.4, 0.5) is 0 Å². The van der Waals surface area contributed by atoms with E-state index in [0.717, 1.165) is 11.1 Å². The largest absolute Gasteiger partial charge is 0.319 e. The molecule has 0 saturated heterocycles. The zero-order chi connectivity index (χ0) is 12.4. The molecule has 0 aliphatic carbocycles. The molecule has 1 atom stereocenters. The summed E-state index contributed by atoms with van der Waals surface area (Å²) in [5.74, 6) is 0. The molecule has 0 radical (unpaired) electrons. The second-order valence-electron chi connectivity index (χ2n) is 3.73. The first kappa shape index (κ1) is 12.3. The highest BCUT2D eigenvalue weighted by molar-refractivity contribution is 6.34. The smallest absolute Gasteiger partial charge is 0.0804 e. The maximum absolute atomic E-state index is 6.14. The van der Waals surface area contributed by atoms with E-state index in [4.69, 9.17) is 28.9 Å². The van der Waals surface area contributed by atoms with Gasteiger partial charge in [-0.05, 0) is 30.2 Å². The first-order valence-electron chi connectivity index (χ1n) is 5.06. The lowest BCUT2D eigenvalue weighted by Crippen LogP contribution is -2.15. The van der Waals surface area contributed by atoms with Gasteiger partial charge >= 0.3 is 0 Å². The molecule has 0 bridgehead atoms. The van der Waals surface area contributed by atoms with E-state index in [1.54, 1.807) is 18.5 Å². The topological polar surface area (TPSA) is 51.8 Å². The van der Waals surface area contributed by atoms with Gasteiger partial charge in [-0.3, -0.25) is 9.97 Å². The Morgan fingerprint density at radius 3 is 2.71 bits per heavy atom. The van der Waals surface area contributed by atoms with E-state index in [1.807, 2.05) is 13.0 Å². The number of hydrogen-bond donors (Lipinski definition) is 1. The van der Waals surface area contributed by atoms with Crippen LogP contribution in [-0.2, 0) is 0 Å². The lowest BCUT2D eigenvalue weighted by Gasteiger charge is -2.14. The van der Waals surface area contributed by atoms with Gasteiger partial charge in [-0.25, -0.2) is 0 Å². The van der Waals surface area contributed by atoms with E-state index in [2.05, 4.69) is 9.97 Å². The maximum Gasteiger partial charge on any atom is 0.0804 e. The summed E-state index contributed by atoms with van der Waals surface area (Å²) in [7, 11) is 0. The van der Waals surface area contributed by atoms with E-state index in [0.29, 0.717) is 15.7 Å². The Bertz CT molecular complexity index is 543. The molecule has 5 heteroatoms. The summed E-state index contributed by atoms with van der Waals surface area (Å²) in [6, 6.07) is 3.14. The number of nitrogens with two attached hydrogens (primary N) is 1. The molecule has 88 valence electrons. The van der Waals surface area contributed by atoms with Crippen LogP contribution in [0.5, 0.6) is 0 Å². The van der Waals surface area contributed by atoms with Gasteiger partial charge in [0.05, 0.1) is 21.8 Å². The molecule has 0 amide bonds. The molecule has 0 aromatic carbocycles. The number of aryl methyl sites for hydroxylation is 1. The number of pyridine rings is 2. The standard InChI is InChI=1S/C12H11Cl2N3/c1-7-2-3-16-6-9(7)11(15)12-10(14)4-8(13)5-17-12/h2-6,11H,15H2,1H3. The average molecular weight is 268 g/mol. The summed E-state index contributed by atoms with van der Waals surface area (Å²) in [5.41, 5.74) is 8.70. The lowest BCUT2D eigenvalue weighted by atomic mass is 10.0. The van der Waals surface area contributed by atoms with Crippen LogP contribution in [0, 0.1) is 6.92 Å². The molecule has 2 aromatic rings. The highest BCUT2D eigenvalue weighted by Crippen LogP contribution is 2.27. The molecular formula is C12H11Cl2N3. The average Bonchev–Trinajstić information content (AvgIpc) is 2.29. The fraction of sp³-hybridized carbons (Fsp3) is 0.167. The Balaban J connectivity index is 2.44. The third-order valence-corrected chi connectivity index (χ3v) is 3.05. The van der Waals surface area contributed by atoms with Crippen molar-refractivity contribution in [2.45, 2.75) is 13.0 Å². The zero-order valence-corrected chi connectivity index (χ0v) is 10.7. The second kappa shape index (κ2) is 5.00. The fourth-order valence-electron chi connectivity index (χ4n) is 1.60. The van der Waals surface area contributed by atoms with E-state index < -0.39 is 6.04 Å². The van der Waals surface area contributed by atoms with Crippen molar-refractivity contribution in [3.63, 3.8) is 0 Å². The number of hydrogen-bond acceptors (Lipinski definition) is 3. The van der Waals surface area contributed by atoms with Crippen LogP contribution in [0.2, 0.25) is 10.0 Å². The minimum Gasteiger partial charge on any atom is -0.319 e. The number of halogens is 2. The first-order valence-corrected chi connectivity index (χ1v) is 5.82. The summed E-state index contributed by atoms with van der Waals surface area (Å²) in [6.07, 6.45) is 4.99. The Hall–Kier alpha value is -1.16. The van der Waals surface area contributed by atoms with Gasteiger partial charge in [0.2, 0.25) is 0 Å². The molecule has 2 N–H and O–H groups in total. The minimum absolute atomic E-state index is 0.395. The lowest BCUT2D eigenvalue weighted by molar-refractivity contribution is 0.815.